The maximum Gasteiger partial charge on any atom is 0.257 e. The van der Waals surface area contributed by atoms with E-state index < -0.39 is 0 Å². The van der Waals surface area contributed by atoms with E-state index in [0.29, 0.717) is 34.4 Å². The molecular weight excluding hydrogens is 406 g/mol. The van der Waals surface area contributed by atoms with Crippen LogP contribution in [0.25, 0.3) is 10.7 Å². The molecule has 1 amide bonds. The first-order valence-electron chi connectivity index (χ1n) is 9.31. The van der Waals surface area contributed by atoms with Gasteiger partial charge < -0.3 is 4.74 Å². The molecule has 3 aromatic rings. The molecule has 2 heterocycles. The van der Waals surface area contributed by atoms with Crippen LogP contribution in [0.2, 0.25) is 0 Å². The zero-order valence-corrected chi connectivity index (χ0v) is 18.0. The van der Waals surface area contributed by atoms with Gasteiger partial charge >= 0.3 is 0 Å². The number of nitrogens with zero attached hydrogens (tertiary/aromatic N) is 3. The Hall–Kier alpha value is -2.78. The fraction of sp³-hybridized carbons (Fsp3) is 0.300. The first-order valence-corrected chi connectivity index (χ1v) is 10.5. The SMILES string of the molecule is C=CCn1c(-c2sc(NC(=O)c3ccc(OCCCC)cc3)nc2C)n[nH]c1=S. The second-order valence-corrected chi connectivity index (χ2v) is 7.75. The molecule has 0 atom stereocenters. The van der Waals surface area contributed by atoms with Crippen molar-refractivity contribution in [2.24, 2.45) is 0 Å². The largest absolute Gasteiger partial charge is 0.494 e. The molecule has 0 aliphatic rings. The topological polar surface area (TPSA) is 84.8 Å². The number of aryl methyl sites for hydroxylation is 1. The molecule has 0 radical (unpaired) electrons. The van der Waals surface area contributed by atoms with Gasteiger partial charge in [-0.25, -0.2) is 4.98 Å². The monoisotopic (exact) mass is 429 g/mol. The van der Waals surface area contributed by atoms with Crippen molar-refractivity contribution in [3.63, 3.8) is 0 Å². The fourth-order valence-electron chi connectivity index (χ4n) is 2.65. The van der Waals surface area contributed by atoms with Gasteiger partial charge in [-0.05, 0) is 49.8 Å². The molecule has 9 heteroatoms. The summed E-state index contributed by atoms with van der Waals surface area (Å²) in [5, 5.41) is 10.5. The van der Waals surface area contributed by atoms with Crippen LogP contribution in [0.15, 0.2) is 36.9 Å². The summed E-state index contributed by atoms with van der Waals surface area (Å²) in [4.78, 5) is 17.9. The van der Waals surface area contributed by atoms with Gasteiger partial charge in [-0.3, -0.25) is 19.8 Å². The summed E-state index contributed by atoms with van der Waals surface area (Å²) in [6, 6.07) is 7.09. The number of H-pyrrole nitrogens is 1. The quantitative estimate of drug-likeness (QED) is 0.284. The van der Waals surface area contributed by atoms with Crippen LogP contribution >= 0.6 is 23.6 Å². The van der Waals surface area contributed by atoms with Crippen molar-refractivity contribution >= 4 is 34.6 Å². The molecule has 7 nitrogen and oxygen atoms in total. The minimum absolute atomic E-state index is 0.227. The number of thiazole rings is 1. The van der Waals surface area contributed by atoms with Crippen molar-refractivity contribution < 1.29 is 9.53 Å². The third-order valence-corrected chi connectivity index (χ3v) is 5.55. The van der Waals surface area contributed by atoms with Crippen molar-refractivity contribution in [2.75, 3.05) is 11.9 Å². The molecule has 2 N–H and O–H groups in total. The van der Waals surface area contributed by atoms with Crippen molar-refractivity contribution in [3.8, 4) is 16.5 Å². The van der Waals surface area contributed by atoms with E-state index >= 15 is 0 Å². The number of allylic oxidation sites excluding steroid dienone is 1. The maximum absolute atomic E-state index is 12.6. The van der Waals surface area contributed by atoms with E-state index in [1.807, 2.05) is 11.5 Å². The van der Waals surface area contributed by atoms with Gasteiger partial charge in [0.2, 0.25) is 0 Å². The normalized spacial score (nSPS) is 10.7. The lowest BCUT2D eigenvalue weighted by Gasteiger charge is -2.06. The van der Waals surface area contributed by atoms with Crippen LogP contribution in [-0.2, 0) is 6.54 Å². The molecule has 0 unspecified atom stereocenters. The van der Waals surface area contributed by atoms with E-state index in [2.05, 4.69) is 34.0 Å². The lowest BCUT2D eigenvalue weighted by molar-refractivity contribution is 0.102. The molecule has 0 aliphatic heterocycles. The predicted molar refractivity (Wildman–Crippen MR) is 118 cm³/mol. The summed E-state index contributed by atoms with van der Waals surface area (Å²) < 4.78 is 7.98. The van der Waals surface area contributed by atoms with E-state index in [9.17, 15) is 4.79 Å². The molecule has 3 rings (SSSR count). The van der Waals surface area contributed by atoms with Gasteiger partial charge in [-0.1, -0.05) is 30.8 Å². The lowest BCUT2D eigenvalue weighted by Crippen LogP contribution is -2.11. The molecule has 2 aromatic heterocycles. The highest BCUT2D eigenvalue weighted by atomic mass is 32.1. The third kappa shape index (κ3) is 4.99. The zero-order chi connectivity index (χ0) is 20.8. The van der Waals surface area contributed by atoms with Gasteiger partial charge in [0, 0.05) is 12.1 Å². The average molecular weight is 430 g/mol. The number of hydrogen-bond donors (Lipinski definition) is 2. The Labute approximate surface area is 178 Å². The number of ether oxygens (including phenoxy) is 1. The van der Waals surface area contributed by atoms with Crippen LogP contribution in [0.1, 0.15) is 35.8 Å². The van der Waals surface area contributed by atoms with Gasteiger partial charge in [-0.15, -0.1) is 6.58 Å². The number of benzene rings is 1. The van der Waals surface area contributed by atoms with Crippen molar-refractivity contribution in [1.29, 1.82) is 0 Å². The van der Waals surface area contributed by atoms with E-state index in [0.717, 1.165) is 29.2 Å². The summed E-state index contributed by atoms with van der Waals surface area (Å²) in [5.41, 5.74) is 1.31. The summed E-state index contributed by atoms with van der Waals surface area (Å²) in [6.07, 6.45) is 3.84. The Morgan fingerprint density at radius 2 is 2.17 bits per heavy atom. The number of rotatable bonds is 9. The molecule has 0 fully saturated rings. The van der Waals surface area contributed by atoms with Crippen LogP contribution in [0.3, 0.4) is 0 Å². The number of aromatic nitrogens is 4. The average Bonchev–Trinajstić information content (AvgIpc) is 3.25. The molecule has 0 bridgehead atoms. The van der Waals surface area contributed by atoms with E-state index in [-0.39, 0.29) is 5.91 Å². The minimum atomic E-state index is -0.227. The number of amides is 1. The highest BCUT2D eigenvalue weighted by Crippen LogP contribution is 2.32. The lowest BCUT2D eigenvalue weighted by atomic mass is 10.2. The predicted octanol–water partition coefficient (Wildman–Crippen LogP) is 4.99. The number of carbonyl (C=O) groups excluding carboxylic acids is 1. The van der Waals surface area contributed by atoms with Gasteiger partial charge in [0.1, 0.15) is 5.75 Å². The van der Waals surface area contributed by atoms with Gasteiger partial charge in [0.15, 0.2) is 15.7 Å². The van der Waals surface area contributed by atoms with Crippen LogP contribution in [-0.4, -0.2) is 32.3 Å². The molecular formula is C20H23N5O2S2. The zero-order valence-electron chi connectivity index (χ0n) is 16.4. The Balaban J connectivity index is 1.73. The summed E-state index contributed by atoms with van der Waals surface area (Å²) in [6.45, 7) is 8.95. The van der Waals surface area contributed by atoms with E-state index in [4.69, 9.17) is 17.0 Å². The summed E-state index contributed by atoms with van der Waals surface area (Å²) in [7, 11) is 0. The third-order valence-electron chi connectivity index (χ3n) is 4.17. The standard InChI is InChI=1S/C20H23N5O2S2/c1-4-6-12-27-15-9-7-14(8-10-15)18(26)22-19-21-13(3)16(29-19)17-23-24-20(28)25(17)11-5-2/h5,7-10H,2,4,6,11-12H2,1,3H3,(H,24,28)(H,21,22,26). The Kier molecular flexibility index (Phi) is 6.95. The van der Waals surface area contributed by atoms with Crippen LogP contribution < -0.4 is 10.1 Å². The number of aromatic amines is 1. The number of hydrogen-bond acceptors (Lipinski definition) is 6. The Bertz CT molecular complexity index is 1050. The molecule has 0 aliphatic carbocycles. The second kappa shape index (κ2) is 9.62. The van der Waals surface area contributed by atoms with Crippen LogP contribution in [0.5, 0.6) is 5.75 Å². The minimum Gasteiger partial charge on any atom is -0.494 e. The smallest absolute Gasteiger partial charge is 0.257 e. The van der Waals surface area contributed by atoms with Crippen LogP contribution in [0, 0.1) is 11.7 Å². The molecule has 0 saturated carbocycles. The second-order valence-electron chi connectivity index (χ2n) is 6.37. The molecule has 152 valence electrons. The van der Waals surface area contributed by atoms with Crippen molar-refractivity contribution in [3.05, 3.63) is 52.9 Å². The number of unbranched alkanes of at least 4 members (excludes halogenated alkanes) is 1. The van der Waals surface area contributed by atoms with Gasteiger partial charge in [0.25, 0.3) is 5.91 Å². The summed E-state index contributed by atoms with van der Waals surface area (Å²) >= 11 is 6.62. The molecule has 29 heavy (non-hydrogen) atoms. The first-order chi connectivity index (χ1) is 14.0. The number of anilines is 1. The molecule has 0 saturated heterocycles. The number of nitrogens with one attached hydrogen (secondary N) is 2. The Morgan fingerprint density at radius 1 is 1.41 bits per heavy atom. The van der Waals surface area contributed by atoms with E-state index in [1.54, 1.807) is 30.3 Å². The van der Waals surface area contributed by atoms with E-state index in [1.165, 1.54) is 11.3 Å². The fourth-order valence-corrected chi connectivity index (χ4v) is 3.82. The van der Waals surface area contributed by atoms with Gasteiger partial charge in [-0.2, -0.15) is 5.10 Å². The maximum atomic E-state index is 12.6. The van der Waals surface area contributed by atoms with Crippen molar-refractivity contribution in [1.82, 2.24) is 19.7 Å². The molecule has 1 aromatic carbocycles. The first kappa shape index (κ1) is 20.9. The van der Waals surface area contributed by atoms with Crippen LogP contribution in [0.4, 0.5) is 5.13 Å². The number of carbonyl (C=O) groups is 1. The van der Waals surface area contributed by atoms with Gasteiger partial charge in [0.05, 0.1) is 17.2 Å². The highest BCUT2D eigenvalue weighted by molar-refractivity contribution is 7.71. The Morgan fingerprint density at radius 3 is 2.86 bits per heavy atom. The molecule has 0 spiro atoms. The van der Waals surface area contributed by atoms with Crippen molar-refractivity contribution in [2.45, 2.75) is 33.2 Å². The highest BCUT2D eigenvalue weighted by Gasteiger charge is 2.17. The summed E-state index contributed by atoms with van der Waals surface area (Å²) in [5.74, 6) is 1.21.